The van der Waals surface area contributed by atoms with Crippen molar-refractivity contribution in [1.29, 1.82) is 0 Å². The van der Waals surface area contributed by atoms with Gasteiger partial charge in [0.05, 0.1) is 0 Å². The summed E-state index contributed by atoms with van der Waals surface area (Å²) in [5.74, 6) is -1.27. The number of hydrogen-bond donors (Lipinski definition) is 2. The van der Waals surface area contributed by atoms with Crippen molar-refractivity contribution in [2.24, 2.45) is 11.8 Å². The lowest BCUT2D eigenvalue weighted by Crippen LogP contribution is -2.52. The monoisotopic (exact) mass is 478 g/mol. The maximum atomic E-state index is 12.9. The molecular weight excluding hydrogens is 444 g/mol. The van der Waals surface area contributed by atoms with E-state index in [9.17, 15) is 19.5 Å². The highest BCUT2D eigenvalue weighted by Crippen LogP contribution is 2.44. The number of carboxylic acid groups (broad SMARTS) is 1. The average Bonchev–Trinajstić information content (AvgIpc) is 3.18. The molecule has 0 aromatic heterocycles. The molecule has 2 aromatic rings. The third-order valence-electron chi connectivity index (χ3n) is 7.43. The normalized spacial score (nSPS) is 20.0. The fraction of sp³-hybridized carbons (Fsp3) is 0.464. The first-order chi connectivity index (χ1) is 16.9. The van der Waals surface area contributed by atoms with Crippen LogP contribution in [0.25, 0.3) is 11.1 Å². The quantitative estimate of drug-likeness (QED) is 0.576. The molecule has 3 unspecified atom stereocenters. The lowest BCUT2D eigenvalue weighted by molar-refractivity contribution is -0.155. The molecule has 0 spiro atoms. The number of ether oxygens (including phenoxy) is 1. The van der Waals surface area contributed by atoms with E-state index in [-0.39, 0.29) is 36.7 Å². The first kappa shape index (κ1) is 24.8. The van der Waals surface area contributed by atoms with Gasteiger partial charge >= 0.3 is 12.1 Å². The first-order valence-corrected chi connectivity index (χ1v) is 12.5. The summed E-state index contributed by atoms with van der Waals surface area (Å²) in [6.45, 7) is 4.86. The van der Waals surface area contributed by atoms with Crippen molar-refractivity contribution in [2.75, 3.05) is 19.7 Å². The molecule has 1 aliphatic carbocycles. The van der Waals surface area contributed by atoms with Gasteiger partial charge in [-0.25, -0.2) is 9.59 Å². The Morgan fingerprint density at radius 2 is 1.71 bits per heavy atom. The zero-order valence-corrected chi connectivity index (χ0v) is 20.4. The van der Waals surface area contributed by atoms with Gasteiger partial charge in [-0.3, -0.25) is 4.79 Å². The van der Waals surface area contributed by atoms with E-state index in [1.807, 2.05) is 38.1 Å². The Labute approximate surface area is 206 Å². The molecule has 2 aliphatic rings. The van der Waals surface area contributed by atoms with E-state index in [0.29, 0.717) is 19.5 Å². The number of carboxylic acids is 1. The Morgan fingerprint density at radius 3 is 2.31 bits per heavy atom. The molecule has 1 aliphatic heterocycles. The summed E-state index contributed by atoms with van der Waals surface area (Å²) < 4.78 is 5.60. The number of amides is 2. The first-order valence-electron chi connectivity index (χ1n) is 12.5. The molecule has 4 rings (SSSR count). The molecule has 2 amide bonds. The summed E-state index contributed by atoms with van der Waals surface area (Å²) >= 11 is 0. The van der Waals surface area contributed by atoms with Gasteiger partial charge in [-0.05, 0) is 46.9 Å². The highest BCUT2D eigenvalue weighted by atomic mass is 16.5. The van der Waals surface area contributed by atoms with E-state index in [0.717, 1.165) is 24.0 Å². The van der Waals surface area contributed by atoms with E-state index < -0.39 is 18.1 Å². The second-order valence-electron chi connectivity index (χ2n) is 9.67. The fourth-order valence-corrected chi connectivity index (χ4v) is 5.45. The van der Waals surface area contributed by atoms with Crippen LogP contribution in [-0.2, 0) is 14.3 Å². The van der Waals surface area contributed by atoms with Crippen molar-refractivity contribution in [1.82, 2.24) is 10.2 Å². The van der Waals surface area contributed by atoms with Crippen LogP contribution in [0.3, 0.4) is 0 Å². The minimum Gasteiger partial charge on any atom is -0.480 e. The molecule has 186 valence electrons. The van der Waals surface area contributed by atoms with Gasteiger partial charge in [-0.2, -0.15) is 0 Å². The van der Waals surface area contributed by atoms with Crippen molar-refractivity contribution in [3.05, 3.63) is 59.7 Å². The van der Waals surface area contributed by atoms with Gasteiger partial charge in [0.15, 0.2) is 0 Å². The Kier molecular flexibility index (Phi) is 7.73. The van der Waals surface area contributed by atoms with Gasteiger partial charge in [0.2, 0.25) is 5.91 Å². The molecule has 7 nitrogen and oxygen atoms in total. The van der Waals surface area contributed by atoms with Crippen molar-refractivity contribution in [3.8, 4) is 11.1 Å². The van der Waals surface area contributed by atoms with Gasteiger partial charge in [0, 0.05) is 25.4 Å². The topological polar surface area (TPSA) is 95.9 Å². The van der Waals surface area contributed by atoms with Crippen molar-refractivity contribution in [2.45, 2.75) is 51.5 Å². The van der Waals surface area contributed by atoms with Crippen molar-refractivity contribution < 1.29 is 24.2 Å². The van der Waals surface area contributed by atoms with Crippen LogP contribution in [0.4, 0.5) is 4.79 Å². The standard InChI is InChI=1S/C28H34N2O5/c1-3-19(15-25(31)30-14-8-9-18(2)26(30)27(32)33)16-29-28(34)35-17-24-22-12-6-4-10-20(22)21-11-5-7-13-23(21)24/h4-7,10-13,18-19,24,26H,3,8-9,14-17H2,1-2H3,(H,29,34)(H,32,33). The Morgan fingerprint density at radius 1 is 1.09 bits per heavy atom. The van der Waals surface area contributed by atoms with Gasteiger partial charge in [-0.1, -0.05) is 68.8 Å². The Bertz CT molecular complexity index is 1040. The average molecular weight is 479 g/mol. The zero-order valence-electron chi connectivity index (χ0n) is 20.4. The number of aliphatic carboxylic acids is 1. The number of hydrogen-bond acceptors (Lipinski definition) is 4. The summed E-state index contributed by atoms with van der Waals surface area (Å²) in [4.78, 5) is 38.7. The molecule has 2 N–H and O–H groups in total. The van der Waals surface area contributed by atoms with E-state index in [1.54, 1.807) is 0 Å². The van der Waals surface area contributed by atoms with Crippen LogP contribution >= 0.6 is 0 Å². The number of fused-ring (bicyclic) bond motifs is 3. The number of piperidine rings is 1. The van der Waals surface area contributed by atoms with Crippen LogP contribution in [0, 0.1) is 11.8 Å². The van der Waals surface area contributed by atoms with Gasteiger partial charge in [0.25, 0.3) is 0 Å². The minimum absolute atomic E-state index is 0.00857. The molecular formula is C28H34N2O5. The summed E-state index contributed by atoms with van der Waals surface area (Å²) in [5, 5.41) is 12.4. The second kappa shape index (κ2) is 10.9. The van der Waals surface area contributed by atoms with E-state index in [4.69, 9.17) is 4.74 Å². The third-order valence-corrected chi connectivity index (χ3v) is 7.43. The van der Waals surface area contributed by atoms with Crippen molar-refractivity contribution >= 4 is 18.0 Å². The number of carbonyl (C=O) groups excluding carboxylic acids is 2. The highest BCUT2D eigenvalue weighted by molar-refractivity contribution is 5.84. The fourth-order valence-electron chi connectivity index (χ4n) is 5.45. The molecule has 0 bridgehead atoms. The number of benzene rings is 2. The summed E-state index contributed by atoms with van der Waals surface area (Å²) in [7, 11) is 0. The minimum atomic E-state index is -0.949. The third kappa shape index (κ3) is 5.34. The number of likely N-dealkylation sites (tertiary alicyclic amines) is 1. The molecule has 0 radical (unpaired) electrons. The predicted molar refractivity (Wildman–Crippen MR) is 133 cm³/mol. The maximum Gasteiger partial charge on any atom is 0.407 e. The number of nitrogens with zero attached hydrogens (tertiary/aromatic N) is 1. The van der Waals surface area contributed by atoms with Crippen LogP contribution in [0.5, 0.6) is 0 Å². The van der Waals surface area contributed by atoms with E-state index in [1.165, 1.54) is 16.0 Å². The van der Waals surface area contributed by atoms with Crippen LogP contribution in [-0.4, -0.2) is 53.7 Å². The number of nitrogens with one attached hydrogen (secondary N) is 1. The summed E-state index contributed by atoms with van der Waals surface area (Å²) in [5.41, 5.74) is 4.66. The molecule has 0 saturated carbocycles. The molecule has 35 heavy (non-hydrogen) atoms. The summed E-state index contributed by atoms with van der Waals surface area (Å²) in [6, 6.07) is 15.6. The van der Waals surface area contributed by atoms with E-state index in [2.05, 4.69) is 29.6 Å². The predicted octanol–water partition coefficient (Wildman–Crippen LogP) is 4.65. The van der Waals surface area contributed by atoms with Gasteiger partial charge in [-0.15, -0.1) is 0 Å². The lowest BCUT2D eigenvalue weighted by Gasteiger charge is -2.38. The maximum absolute atomic E-state index is 12.9. The largest absolute Gasteiger partial charge is 0.480 e. The van der Waals surface area contributed by atoms with Crippen LogP contribution in [0.2, 0.25) is 0 Å². The number of carbonyl (C=O) groups is 3. The van der Waals surface area contributed by atoms with Gasteiger partial charge < -0.3 is 20.1 Å². The number of alkyl carbamates (subject to hydrolysis) is 1. The lowest BCUT2D eigenvalue weighted by atomic mass is 9.89. The van der Waals surface area contributed by atoms with Crippen molar-refractivity contribution in [3.63, 3.8) is 0 Å². The molecule has 1 heterocycles. The van der Waals surface area contributed by atoms with Crippen LogP contribution < -0.4 is 5.32 Å². The zero-order chi connectivity index (χ0) is 24.9. The molecule has 1 saturated heterocycles. The molecule has 1 fully saturated rings. The SMILES string of the molecule is CCC(CNC(=O)OCC1c2ccccc2-c2ccccc21)CC(=O)N1CCCC(C)C1C(=O)O. The summed E-state index contributed by atoms with van der Waals surface area (Å²) in [6.07, 6.45) is 2.01. The second-order valence-corrected chi connectivity index (χ2v) is 9.67. The smallest absolute Gasteiger partial charge is 0.407 e. The van der Waals surface area contributed by atoms with Gasteiger partial charge in [0.1, 0.15) is 12.6 Å². The molecule has 7 heteroatoms. The van der Waals surface area contributed by atoms with Crippen LogP contribution in [0.15, 0.2) is 48.5 Å². The Hall–Kier alpha value is -3.35. The molecule has 2 aromatic carbocycles. The Balaban J connectivity index is 1.30. The van der Waals surface area contributed by atoms with Crippen LogP contribution in [0.1, 0.15) is 56.6 Å². The molecule has 3 atom stereocenters. The van der Waals surface area contributed by atoms with E-state index >= 15 is 0 Å². The highest BCUT2D eigenvalue weighted by Gasteiger charge is 2.37. The number of rotatable bonds is 8.